The maximum Gasteiger partial charge on any atom is 0.229 e. The van der Waals surface area contributed by atoms with E-state index < -0.39 is 0 Å². The molecule has 76 valence electrons. The number of hydrogen-bond donors (Lipinski definition) is 1. The highest BCUT2D eigenvalue weighted by atomic mass is 32.1. The third-order valence-electron chi connectivity index (χ3n) is 2.57. The lowest BCUT2D eigenvalue weighted by Gasteiger charge is -2.19. The molecule has 0 spiro atoms. The summed E-state index contributed by atoms with van der Waals surface area (Å²) in [5.74, 6) is 0.300. The minimum absolute atomic E-state index is 0.112. The van der Waals surface area contributed by atoms with Crippen molar-refractivity contribution in [3.63, 3.8) is 0 Å². The summed E-state index contributed by atoms with van der Waals surface area (Å²) in [7, 11) is 0. The fraction of sp³-hybridized carbons (Fsp3) is 0.667. The number of carbonyl (C=O) groups is 1. The van der Waals surface area contributed by atoms with Gasteiger partial charge in [0.2, 0.25) is 11.0 Å². The van der Waals surface area contributed by atoms with Gasteiger partial charge in [-0.15, -0.1) is 0 Å². The van der Waals surface area contributed by atoms with Gasteiger partial charge in [-0.05, 0) is 12.8 Å². The summed E-state index contributed by atoms with van der Waals surface area (Å²) in [6.45, 7) is 0. The van der Waals surface area contributed by atoms with E-state index in [2.05, 4.69) is 14.7 Å². The summed E-state index contributed by atoms with van der Waals surface area (Å²) < 4.78 is 3.84. The Kier molecular flexibility index (Phi) is 3.08. The predicted octanol–water partition coefficient (Wildman–Crippen LogP) is 2.06. The number of rotatable bonds is 2. The van der Waals surface area contributed by atoms with E-state index in [4.69, 9.17) is 0 Å². The lowest BCUT2D eigenvalue weighted by Crippen LogP contribution is -2.24. The summed E-state index contributed by atoms with van der Waals surface area (Å²) in [4.78, 5) is 15.6. The van der Waals surface area contributed by atoms with Crippen LogP contribution >= 0.6 is 11.5 Å². The average Bonchev–Trinajstić information content (AvgIpc) is 2.72. The predicted molar refractivity (Wildman–Crippen MR) is 55.1 cm³/mol. The second-order valence-electron chi connectivity index (χ2n) is 3.57. The molecular weight excluding hydrogens is 198 g/mol. The van der Waals surface area contributed by atoms with Crippen LogP contribution < -0.4 is 5.32 Å². The molecule has 14 heavy (non-hydrogen) atoms. The van der Waals surface area contributed by atoms with Gasteiger partial charge in [0, 0.05) is 17.5 Å². The van der Waals surface area contributed by atoms with Gasteiger partial charge < -0.3 is 5.32 Å². The molecule has 0 aromatic carbocycles. The molecule has 1 heterocycles. The molecule has 1 N–H and O–H groups in total. The van der Waals surface area contributed by atoms with Crippen LogP contribution in [0.25, 0.3) is 0 Å². The van der Waals surface area contributed by atoms with Crippen LogP contribution in [-0.2, 0) is 4.79 Å². The number of hydrogen-bond acceptors (Lipinski definition) is 4. The zero-order valence-corrected chi connectivity index (χ0v) is 8.72. The molecule has 2 rings (SSSR count). The number of amides is 1. The van der Waals surface area contributed by atoms with Crippen molar-refractivity contribution >= 4 is 22.6 Å². The number of nitrogens with zero attached hydrogens (tertiary/aromatic N) is 2. The topological polar surface area (TPSA) is 54.9 Å². The van der Waals surface area contributed by atoms with Gasteiger partial charge in [-0.3, -0.25) is 4.79 Å². The first-order valence-electron chi connectivity index (χ1n) is 4.94. The lowest BCUT2D eigenvalue weighted by molar-refractivity contribution is -0.120. The van der Waals surface area contributed by atoms with Gasteiger partial charge in [0.25, 0.3) is 0 Å². The van der Waals surface area contributed by atoms with Crippen LogP contribution in [0, 0.1) is 5.92 Å². The van der Waals surface area contributed by atoms with Gasteiger partial charge in [-0.2, -0.15) is 4.37 Å². The van der Waals surface area contributed by atoms with Crippen molar-refractivity contribution in [2.75, 3.05) is 5.32 Å². The van der Waals surface area contributed by atoms with Gasteiger partial charge in [-0.1, -0.05) is 19.3 Å². The SMILES string of the molecule is O=C(Nc1ncns1)C1CCCCC1. The molecule has 0 atom stereocenters. The van der Waals surface area contributed by atoms with E-state index in [1.165, 1.54) is 37.1 Å². The third-order valence-corrected chi connectivity index (χ3v) is 3.15. The van der Waals surface area contributed by atoms with Crippen LogP contribution in [-0.4, -0.2) is 15.3 Å². The van der Waals surface area contributed by atoms with E-state index in [-0.39, 0.29) is 11.8 Å². The maximum absolute atomic E-state index is 11.7. The Morgan fingerprint density at radius 3 is 2.86 bits per heavy atom. The van der Waals surface area contributed by atoms with Crippen molar-refractivity contribution in [3.8, 4) is 0 Å². The molecule has 4 nitrogen and oxygen atoms in total. The van der Waals surface area contributed by atoms with Crippen molar-refractivity contribution in [2.45, 2.75) is 32.1 Å². The molecule has 1 fully saturated rings. The van der Waals surface area contributed by atoms with E-state index in [0.717, 1.165) is 12.8 Å². The quantitative estimate of drug-likeness (QED) is 0.814. The highest BCUT2D eigenvalue weighted by Crippen LogP contribution is 2.24. The molecule has 1 aliphatic carbocycles. The normalized spacial score (nSPS) is 18.0. The average molecular weight is 211 g/mol. The molecule has 1 amide bonds. The molecular formula is C9H13N3OS. The molecule has 1 saturated carbocycles. The van der Waals surface area contributed by atoms with Crippen LogP contribution in [0.3, 0.4) is 0 Å². The Labute approximate surface area is 86.9 Å². The number of aromatic nitrogens is 2. The number of carbonyl (C=O) groups excluding carboxylic acids is 1. The maximum atomic E-state index is 11.7. The summed E-state index contributed by atoms with van der Waals surface area (Å²) in [6, 6.07) is 0. The molecule has 1 aliphatic rings. The second-order valence-corrected chi connectivity index (χ2v) is 4.35. The van der Waals surface area contributed by atoms with Crippen LogP contribution in [0.4, 0.5) is 5.13 Å². The zero-order chi connectivity index (χ0) is 9.80. The highest BCUT2D eigenvalue weighted by Gasteiger charge is 2.21. The fourth-order valence-corrected chi connectivity index (χ4v) is 2.24. The van der Waals surface area contributed by atoms with E-state index in [1.807, 2.05) is 0 Å². The Bertz CT molecular complexity index is 293. The largest absolute Gasteiger partial charge is 0.300 e. The number of nitrogens with one attached hydrogen (secondary N) is 1. The summed E-state index contributed by atoms with van der Waals surface area (Å²) in [6.07, 6.45) is 7.11. The molecule has 1 aromatic heterocycles. The van der Waals surface area contributed by atoms with E-state index in [1.54, 1.807) is 0 Å². The molecule has 5 heteroatoms. The summed E-state index contributed by atoms with van der Waals surface area (Å²) >= 11 is 1.22. The highest BCUT2D eigenvalue weighted by molar-refractivity contribution is 7.09. The van der Waals surface area contributed by atoms with E-state index in [9.17, 15) is 4.79 Å². The van der Waals surface area contributed by atoms with E-state index >= 15 is 0 Å². The first-order chi connectivity index (χ1) is 6.86. The zero-order valence-electron chi connectivity index (χ0n) is 7.90. The smallest absolute Gasteiger partial charge is 0.229 e. The standard InChI is InChI=1S/C9H13N3OS/c13-8(7-4-2-1-3-5-7)12-9-10-6-11-14-9/h6-7H,1-5H2,(H,10,11,12,13). The Morgan fingerprint density at radius 2 is 2.21 bits per heavy atom. The third kappa shape index (κ3) is 2.29. The first kappa shape index (κ1) is 9.58. The second kappa shape index (κ2) is 4.50. The van der Waals surface area contributed by atoms with Crippen LogP contribution in [0.2, 0.25) is 0 Å². The first-order valence-corrected chi connectivity index (χ1v) is 5.71. The van der Waals surface area contributed by atoms with Crippen LogP contribution in [0.1, 0.15) is 32.1 Å². The minimum atomic E-state index is 0.112. The Balaban J connectivity index is 1.88. The molecule has 0 saturated heterocycles. The Hall–Kier alpha value is -0.970. The van der Waals surface area contributed by atoms with Gasteiger partial charge >= 0.3 is 0 Å². The lowest BCUT2D eigenvalue weighted by atomic mass is 9.89. The minimum Gasteiger partial charge on any atom is -0.300 e. The van der Waals surface area contributed by atoms with Crippen molar-refractivity contribution in [1.29, 1.82) is 0 Å². The fourth-order valence-electron chi connectivity index (χ4n) is 1.80. The van der Waals surface area contributed by atoms with Crippen LogP contribution in [0.5, 0.6) is 0 Å². The molecule has 0 aliphatic heterocycles. The van der Waals surface area contributed by atoms with E-state index in [0.29, 0.717) is 5.13 Å². The van der Waals surface area contributed by atoms with Crippen molar-refractivity contribution in [1.82, 2.24) is 9.36 Å². The van der Waals surface area contributed by atoms with Gasteiger partial charge in [0.15, 0.2) is 0 Å². The summed E-state index contributed by atoms with van der Waals surface area (Å²) in [5, 5.41) is 3.41. The van der Waals surface area contributed by atoms with Gasteiger partial charge in [0.05, 0.1) is 0 Å². The van der Waals surface area contributed by atoms with Crippen molar-refractivity contribution < 1.29 is 4.79 Å². The van der Waals surface area contributed by atoms with Crippen molar-refractivity contribution in [3.05, 3.63) is 6.33 Å². The monoisotopic (exact) mass is 211 g/mol. The van der Waals surface area contributed by atoms with Gasteiger partial charge in [0.1, 0.15) is 6.33 Å². The molecule has 0 radical (unpaired) electrons. The van der Waals surface area contributed by atoms with Crippen LogP contribution in [0.15, 0.2) is 6.33 Å². The molecule has 1 aromatic rings. The molecule has 0 unspecified atom stereocenters. The van der Waals surface area contributed by atoms with Gasteiger partial charge in [-0.25, -0.2) is 4.98 Å². The van der Waals surface area contributed by atoms with Crippen molar-refractivity contribution in [2.24, 2.45) is 5.92 Å². The summed E-state index contributed by atoms with van der Waals surface area (Å²) in [5.41, 5.74) is 0. The number of anilines is 1. The Morgan fingerprint density at radius 1 is 1.43 bits per heavy atom. The molecule has 0 bridgehead atoms.